The van der Waals surface area contributed by atoms with Gasteiger partial charge in [-0.25, -0.2) is 4.79 Å². The van der Waals surface area contributed by atoms with Gasteiger partial charge < -0.3 is 20.3 Å². The van der Waals surface area contributed by atoms with E-state index in [0.717, 1.165) is 17.7 Å². The fourth-order valence-electron chi connectivity index (χ4n) is 2.70. The van der Waals surface area contributed by atoms with Crippen molar-refractivity contribution in [3.8, 4) is 0 Å². The Balaban J connectivity index is 2.02. The first kappa shape index (κ1) is 16.8. The molecule has 0 saturated carbocycles. The van der Waals surface area contributed by atoms with Crippen LogP contribution in [0.1, 0.15) is 17.7 Å². The molecule has 0 spiro atoms. The number of nitrogens with two attached hydrogens (primary N) is 1. The first-order valence-corrected chi connectivity index (χ1v) is 8.34. The van der Waals surface area contributed by atoms with Crippen molar-refractivity contribution >= 4 is 23.3 Å². The Hall–Kier alpha value is -1.60. The van der Waals surface area contributed by atoms with Crippen LogP contribution in [0.15, 0.2) is 17.5 Å². The molecule has 1 aromatic heterocycles. The second kappa shape index (κ2) is 8.14. The number of primary amides is 1. The lowest BCUT2D eigenvalue weighted by Crippen LogP contribution is -2.48. The molecule has 0 aromatic carbocycles. The monoisotopic (exact) mass is 325 g/mol. The van der Waals surface area contributed by atoms with E-state index in [0.29, 0.717) is 32.8 Å². The van der Waals surface area contributed by atoms with Gasteiger partial charge in [0.2, 0.25) is 5.91 Å². The van der Waals surface area contributed by atoms with Gasteiger partial charge in [-0.2, -0.15) is 0 Å². The molecule has 22 heavy (non-hydrogen) atoms. The summed E-state index contributed by atoms with van der Waals surface area (Å²) in [5.74, 6) is -0.0885. The van der Waals surface area contributed by atoms with Crippen LogP contribution in [0.25, 0.3) is 0 Å². The number of nitrogens with zero attached hydrogens (tertiary/aromatic N) is 2. The summed E-state index contributed by atoms with van der Waals surface area (Å²) in [7, 11) is 1.63. The van der Waals surface area contributed by atoms with Gasteiger partial charge in [-0.15, -0.1) is 11.3 Å². The van der Waals surface area contributed by atoms with E-state index in [1.807, 2.05) is 22.4 Å². The van der Waals surface area contributed by atoms with E-state index < -0.39 is 6.03 Å². The molecule has 2 N–H and O–H groups in total. The van der Waals surface area contributed by atoms with E-state index >= 15 is 0 Å². The van der Waals surface area contributed by atoms with Crippen LogP contribution in [0.2, 0.25) is 0 Å². The van der Waals surface area contributed by atoms with Crippen molar-refractivity contribution in [2.45, 2.75) is 19.4 Å². The number of ether oxygens (including phenoxy) is 1. The second-order valence-electron chi connectivity index (χ2n) is 5.46. The lowest BCUT2D eigenvalue weighted by atomic mass is 9.96. The Labute approximate surface area is 134 Å². The van der Waals surface area contributed by atoms with Crippen LogP contribution in [-0.4, -0.2) is 55.1 Å². The van der Waals surface area contributed by atoms with Gasteiger partial charge in [0.05, 0.1) is 19.1 Å². The molecule has 2 heterocycles. The highest BCUT2D eigenvalue weighted by atomic mass is 32.1. The Bertz CT molecular complexity index is 492. The maximum absolute atomic E-state index is 12.8. The lowest BCUT2D eigenvalue weighted by Gasteiger charge is -2.34. The van der Waals surface area contributed by atoms with Crippen LogP contribution in [0.5, 0.6) is 0 Å². The normalized spacial score (nSPS) is 18.2. The molecule has 1 fully saturated rings. The Morgan fingerprint density at radius 2 is 2.36 bits per heavy atom. The van der Waals surface area contributed by atoms with Crippen LogP contribution in [0, 0.1) is 5.92 Å². The predicted molar refractivity (Wildman–Crippen MR) is 85.5 cm³/mol. The summed E-state index contributed by atoms with van der Waals surface area (Å²) in [6, 6.07) is 3.56. The van der Waals surface area contributed by atoms with Gasteiger partial charge in [0, 0.05) is 31.6 Å². The average Bonchev–Trinajstić information content (AvgIpc) is 3.04. The molecular formula is C15H23N3O3S. The second-order valence-corrected chi connectivity index (χ2v) is 6.49. The van der Waals surface area contributed by atoms with Crippen LogP contribution in [-0.2, 0) is 16.1 Å². The smallest absolute Gasteiger partial charge is 0.314 e. The van der Waals surface area contributed by atoms with E-state index in [1.54, 1.807) is 23.3 Å². The van der Waals surface area contributed by atoms with Gasteiger partial charge in [-0.1, -0.05) is 6.07 Å². The molecule has 122 valence electrons. The van der Waals surface area contributed by atoms with Crippen LogP contribution >= 0.6 is 11.3 Å². The van der Waals surface area contributed by atoms with Crippen LogP contribution in [0.3, 0.4) is 0 Å². The number of urea groups is 1. The van der Waals surface area contributed by atoms with Gasteiger partial charge in [-0.3, -0.25) is 4.79 Å². The van der Waals surface area contributed by atoms with E-state index in [4.69, 9.17) is 10.5 Å². The number of piperidine rings is 1. The van der Waals surface area contributed by atoms with E-state index in [9.17, 15) is 9.59 Å². The van der Waals surface area contributed by atoms with Crippen molar-refractivity contribution in [1.29, 1.82) is 0 Å². The summed E-state index contributed by atoms with van der Waals surface area (Å²) in [5, 5.41) is 2.00. The number of amides is 3. The van der Waals surface area contributed by atoms with Crippen molar-refractivity contribution in [2.75, 3.05) is 33.4 Å². The Kier molecular flexibility index (Phi) is 6.21. The van der Waals surface area contributed by atoms with Crippen LogP contribution < -0.4 is 5.73 Å². The molecule has 1 aliphatic heterocycles. The summed E-state index contributed by atoms with van der Waals surface area (Å²) >= 11 is 1.63. The highest BCUT2D eigenvalue weighted by Gasteiger charge is 2.30. The lowest BCUT2D eigenvalue weighted by molar-refractivity contribution is -0.138. The minimum atomic E-state index is -0.445. The summed E-state index contributed by atoms with van der Waals surface area (Å²) in [5.41, 5.74) is 5.34. The van der Waals surface area contributed by atoms with Crippen molar-refractivity contribution in [1.82, 2.24) is 9.80 Å². The molecule has 1 saturated heterocycles. The molecule has 0 bridgehead atoms. The highest BCUT2D eigenvalue weighted by Crippen LogP contribution is 2.21. The maximum Gasteiger partial charge on any atom is 0.314 e. The molecule has 1 aliphatic rings. The standard InChI is InChI=1S/C15H23N3O3S/c1-21-8-7-17(11-13-5-3-9-22-13)14(19)12-4-2-6-18(10-12)15(16)20/h3,5,9,12H,2,4,6-8,10-11H2,1H3,(H2,16,20)/t12-/m1/s1. The molecule has 1 atom stereocenters. The quantitative estimate of drug-likeness (QED) is 0.861. The number of carbonyl (C=O) groups is 2. The molecule has 0 aliphatic carbocycles. The van der Waals surface area contributed by atoms with Gasteiger partial charge in [0.15, 0.2) is 0 Å². The van der Waals surface area contributed by atoms with Crippen molar-refractivity contribution in [3.05, 3.63) is 22.4 Å². The Morgan fingerprint density at radius 3 is 3.00 bits per heavy atom. The fraction of sp³-hybridized carbons (Fsp3) is 0.600. The minimum Gasteiger partial charge on any atom is -0.383 e. The molecule has 6 nitrogen and oxygen atoms in total. The zero-order valence-electron chi connectivity index (χ0n) is 12.9. The third-order valence-corrected chi connectivity index (χ3v) is 4.75. The topological polar surface area (TPSA) is 75.9 Å². The molecule has 7 heteroatoms. The SMILES string of the molecule is COCCN(Cc1cccs1)C(=O)[C@@H]1CCCN(C(N)=O)C1. The van der Waals surface area contributed by atoms with Crippen molar-refractivity contribution in [2.24, 2.45) is 11.7 Å². The molecule has 0 radical (unpaired) electrons. The first-order chi connectivity index (χ1) is 10.6. The molecular weight excluding hydrogens is 302 g/mol. The zero-order valence-corrected chi connectivity index (χ0v) is 13.7. The number of rotatable bonds is 6. The Morgan fingerprint density at radius 1 is 1.55 bits per heavy atom. The van der Waals surface area contributed by atoms with Gasteiger partial charge >= 0.3 is 6.03 Å². The number of likely N-dealkylation sites (tertiary alicyclic amines) is 1. The molecule has 0 unspecified atom stereocenters. The predicted octanol–water partition coefficient (Wildman–Crippen LogP) is 1.51. The average molecular weight is 325 g/mol. The van der Waals surface area contributed by atoms with Gasteiger partial charge in [0.25, 0.3) is 0 Å². The summed E-state index contributed by atoms with van der Waals surface area (Å²) < 4.78 is 5.11. The van der Waals surface area contributed by atoms with E-state index in [-0.39, 0.29) is 11.8 Å². The fourth-order valence-corrected chi connectivity index (χ4v) is 3.42. The number of methoxy groups -OCH3 is 1. The van der Waals surface area contributed by atoms with Gasteiger partial charge in [-0.05, 0) is 24.3 Å². The molecule has 2 rings (SSSR count). The third-order valence-electron chi connectivity index (χ3n) is 3.89. The number of thiophene rings is 1. The van der Waals surface area contributed by atoms with Gasteiger partial charge in [0.1, 0.15) is 0 Å². The van der Waals surface area contributed by atoms with E-state index in [1.165, 1.54) is 0 Å². The number of carbonyl (C=O) groups excluding carboxylic acids is 2. The number of hydrogen-bond acceptors (Lipinski definition) is 4. The maximum atomic E-state index is 12.8. The summed E-state index contributed by atoms with van der Waals surface area (Å²) in [4.78, 5) is 28.7. The number of hydrogen-bond donors (Lipinski definition) is 1. The first-order valence-electron chi connectivity index (χ1n) is 7.46. The largest absolute Gasteiger partial charge is 0.383 e. The third kappa shape index (κ3) is 4.45. The highest BCUT2D eigenvalue weighted by molar-refractivity contribution is 7.09. The van der Waals surface area contributed by atoms with E-state index in [2.05, 4.69) is 0 Å². The van der Waals surface area contributed by atoms with Crippen molar-refractivity contribution in [3.63, 3.8) is 0 Å². The zero-order chi connectivity index (χ0) is 15.9. The molecule has 1 aromatic rings. The summed E-state index contributed by atoms with van der Waals surface area (Å²) in [6.45, 7) is 2.71. The minimum absolute atomic E-state index is 0.0800. The molecule has 3 amide bonds. The van der Waals surface area contributed by atoms with Crippen LogP contribution in [0.4, 0.5) is 4.79 Å². The van der Waals surface area contributed by atoms with Crippen molar-refractivity contribution < 1.29 is 14.3 Å². The summed E-state index contributed by atoms with van der Waals surface area (Å²) in [6.07, 6.45) is 1.62.